The molecule has 7 rings (SSSR count). The number of anilines is 3. The Balaban J connectivity index is 1.15. The molecule has 2 heterocycles. The molecule has 4 saturated carbocycles. The average molecular weight is 447 g/mol. The predicted molar refractivity (Wildman–Crippen MR) is 135 cm³/mol. The van der Waals surface area contributed by atoms with Crippen LogP contribution in [0.2, 0.25) is 0 Å². The SMILES string of the molecule is CN(C)c1cc(NC2C3CC4CC(C3)CC2C4)nc(N2CCN(Cc3ccccc3)CC2)n1. The smallest absolute Gasteiger partial charge is 0.229 e. The Morgan fingerprint density at radius 1 is 0.879 bits per heavy atom. The first-order valence-corrected chi connectivity index (χ1v) is 12.9. The number of benzene rings is 1. The van der Waals surface area contributed by atoms with Crippen LogP contribution in [-0.2, 0) is 6.54 Å². The summed E-state index contributed by atoms with van der Waals surface area (Å²) in [4.78, 5) is 17.0. The molecule has 0 spiro atoms. The van der Waals surface area contributed by atoms with Gasteiger partial charge in [-0.1, -0.05) is 30.3 Å². The monoisotopic (exact) mass is 446 g/mol. The quantitative estimate of drug-likeness (QED) is 0.721. The molecule has 4 aliphatic carbocycles. The van der Waals surface area contributed by atoms with E-state index in [1.54, 1.807) is 0 Å². The number of nitrogens with one attached hydrogen (secondary N) is 1. The second-order valence-corrected chi connectivity index (χ2v) is 11.2. The van der Waals surface area contributed by atoms with E-state index in [0.29, 0.717) is 6.04 Å². The number of nitrogens with zero attached hydrogens (tertiary/aromatic N) is 5. The summed E-state index contributed by atoms with van der Waals surface area (Å²) in [5.41, 5.74) is 1.39. The van der Waals surface area contributed by atoms with Crippen LogP contribution in [0.3, 0.4) is 0 Å². The molecule has 1 aromatic carbocycles. The first-order chi connectivity index (χ1) is 16.1. The zero-order valence-electron chi connectivity index (χ0n) is 20.2. The van der Waals surface area contributed by atoms with Gasteiger partial charge in [-0.05, 0) is 61.3 Å². The van der Waals surface area contributed by atoms with Crippen molar-refractivity contribution >= 4 is 17.6 Å². The lowest BCUT2D eigenvalue weighted by Gasteiger charge is -2.54. The van der Waals surface area contributed by atoms with Gasteiger partial charge in [0.05, 0.1) is 0 Å². The number of rotatable bonds is 6. The Hall–Kier alpha value is -2.34. The fourth-order valence-corrected chi connectivity index (χ4v) is 7.15. The van der Waals surface area contributed by atoms with E-state index in [0.717, 1.165) is 74.0 Å². The van der Waals surface area contributed by atoms with Crippen molar-refractivity contribution in [1.82, 2.24) is 14.9 Å². The Kier molecular flexibility index (Phi) is 5.65. The van der Waals surface area contributed by atoms with Gasteiger partial charge in [0.15, 0.2) is 0 Å². The third-order valence-electron chi connectivity index (χ3n) is 8.60. The van der Waals surface area contributed by atoms with E-state index in [1.165, 1.54) is 37.7 Å². The zero-order valence-corrected chi connectivity index (χ0v) is 20.2. The maximum atomic E-state index is 5.06. The Morgan fingerprint density at radius 2 is 1.55 bits per heavy atom. The van der Waals surface area contributed by atoms with Crippen molar-refractivity contribution in [3.05, 3.63) is 42.0 Å². The number of aromatic nitrogens is 2. The molecule has 2 aromatic rings. The summed E-state index contributed by atoms with van der Waals surface area (Å²) >= 11 is 0. The normalized spacial score (nSPS) is 31.1. The van der Waals surface area contributed by atoms with Crippen molar-refractivity contribution < 1.29 is 0 Å². The van der Waals surface area contributed by atoms with E-state index in [-0.39, 0.29) is 0 Å². The molecule has 5 fully saturated rings. The summed E-state index contributed by atoms with van der Waals surface area (Å²) in [7, 11) is 4.16. The lowest BCUT2D eigenvalue weighted by molar-refractivity contribution is 0.00741. The summed E-state index contributed by atoms with van der Waals surface area (Å²) in [5.74, 6) is 6.57. The van der Waals surface area contributed by atoms with Crippen molar-refractivity contribution in [3.63, 3.8) is 0 Å². The molecular weight excluding hydrogens is 408 g/mol. The van der Waals surface area contributed by atoms with Crippen LogP contribution in [-0.4, -0.2) is 61.2 Å². The molecule has 0 amide bonds. The molecule has 6 heteroatoms. The summed E-state index contributed by atoms with van der Waals surface area (Å²) in [5, 5.41) is 3.93. The largest absolute Gasteiger partial charge is 0.367 e. The maximum Gasteiger partial charge on any atom is 0.229 e. The van der Waals surface area contributed by atoms with Crippen molar-refractivity contribution in [2.45, 2.75) is 44.7 Å². The second-order valence-electron chi connectivity index (χ2n) is 11.2. The van der Waals surface area contributed by atoms with Gasteiger partial charge < -0.3 is 15.1 Å². The van der Waals surface area contributed by atoms with Gasteiger partial charge in [-0.3, -0.25) is 4.90 Å². The van der Waals surface area contributed by atoms with Crippen LogP contribution in [0.4, 0.5) is 17.6 Å². The summed E-state index contributed by atoms with van der Waals surface area (Å²) in [6.45, 7) is 5.06. The lowest BCUT2D eigenvalue weighted by Crippen LogP contribution is -2.51. The number of piperazine rings is 1. The highest BCUT2D eigenvalue weighted by Gasteiger charge is 2.48. The van der Waals surface area contributed by atoms with Gasteiger partial charge in [0.2, 0.25) is 5.95 Å². The van der Waals surface area contributed by atoms with Gasteiger partial charge in [0, 0.05) is 58.9 Å². The first-order valence-electron chi connectivity index (χ1n) is 12.9. The van der Waals surface area contributed by atoms with Gasteiger partial charge in [0.1, 0.15) is 11.6 Å². The molecule has 1 saturated heterocycles. The van der Waals surface area contributed by atoms with Crippen molar-refractivity contribution in [2.24, 2.45) is 23.7 Å². The highest BCUT2D eigenvalue weighted by molar-refractivity contribution is 5.54. The molecule has 0 atom stereocenters. The van der Waals surface area contributed by atoms with E-state index < -0.39 is 0 Å². The molecule has 33 heavy (non-hydrogen) atoms. The minimum absolute atomic E-state index is 0.596. The van der Waals surface area contributed by atoms with Crippen LogP contribution in [0, 0.1) is 23.7 Å². The third kappa shape index (κ3) is 4.42. The van der Waals surface area contributed by atoms with Crippen molar-refractivity contribution in [2.75, 3.05) is 55.4 Å². The van der Waals surface area contributed by atoms with E-state index in [9.17, 15) is 0 Å². The van der Waals surface area contributed by atoms with Crippen LogP contribution in [0.25, 0.3) is 0 Å². The summed E-state index contributed by atoms with van der Waals surface area (Å²) in [6.07, 6.45) is 7.19. The Labute approximate surface area is 198 Å². The van der Waals surface area contributed by atoms with E-state index in [4.69, 9.17) is 9.97 Å². The highest BCUT2D eigenvalue weighted by atomic mass is 15.3. The third-order valence-corrected chi connectivity index (χ3v) is 8.60. The van der Waals surface area contributed by atoms with Gasteiger partial charge in [-0.2, -0.15) is 9.97 Å². The summed E-state index contributed by atoms with van der Waals surface area (Å²) in [6, 6.07) is 13.5. The Morgan fingerprint density at radius 3 is 2.18 bits per heavy atom. The molecule has 1 aromatic heterocycles. The van der Waals surface area contributed by atoms with Gasteiger partial charge in [0.25, 0.3) is 0 Å². The van der Waals surface area contributed by atoms with Crippen LogP contribution >= 0.6 is 0 Å². The molecule has 176 valence electrons. The van der Waals surface area contributed by atoms with Gasteiger partial charge in [-0.15, -0.1) is 0 Å². The average Bonchev–Trinajstić information content (AvgIpc) is 2.82. The van der Waals surface area contributed by atoms with Gasteiger partial charge in [-0.25, -0.2) is 0 Å². The molecule has 5 aliphatic rings. The standard InChI is InChI=1S/C27H38N6/c1-31(2)25-17-24(28-26-22-13-20-12-21(15-22)16-23(26)14-20)29-27(30-25)33-10-8-32(9-11-33)18-19-6-4-3-5-7-19/h3-7,17,20-23,26H,8-16,18H2,1-2H3,(H,28,29,30). The molecule has 0 radical (unpaired) electrons. The van der Waals surface area contributed by atoms with Crippen LogP contribution in [0.1, 0.15) is 37.7 Å². The first kappa shape index (κ1) is 21.2. The minimum atomic E-state index is 0.596. The predicted octanol–water partition coefficient (Wildman–Crippen LogP) is 4.10. The minimum Gasteiger partial charge on any atom is -0.367 e. The topological polar surface area (TPSA) is 47.5 Å². The van der Waals surface area contributed by atoms with Crippen molar-refractivity contribution in [1.29, 1.82) is 0 Å². The fourth-order valence-electron chi connectivity index (χ4n) is 7.15. The van der Waals surface area contributed by atoms with Crippen LogP contribution in [0.15, 0.2) is 36.4 Å². The van der Waals surface area contributed by atoms with E-state index >= 15 is 0 Å². The highest BCUT2D eigenvalue weighted by Crippen LogP contribution is 2.54. The summed E-state index contributed by atoms with van der Waals surface area (Å²) < 4.78 is 0. The number of hydrogen-bond donors (Lipinski definition) is 1. The van der Waals surface area contributed by atoms with Crippen molar-refractivity contribution in [3.8, 4) is 0 Å². The molecule has 1 aliphatic heterocycles. The lowest BCUT2D eigenvalue weighted by atomic mass is 9.54. The molecule has 0 unspecified atom stereocenters. The second kappa shape index (κ2) is 8.79. The van der Waals surface area contributed by atoms with E-state index in [2.05, 4.69) is 70.5 Å². The molecule has 6 nitrogen and oxygen atoms in total. The maximum absolute atomic E-state index is 5.06. The van der Waals surface area contributed by atoms with Crippen LogP contribution in [0.5, 0.6) is 0 Å². The molecule has 1 N–H and O–H groups in total. The van der Waals surface area contributed by atoms with Gasteiger partial charge >= 0.3 is 0 Å². The fraction of sp³-hybridized carbons (Fsp3) is 0.630. The number of hydrogen-bond acceptors (Lipinski definition) is 6. The Bertz CT molecular complexity index is 924. The van der Waals surface area contributed by atoms with E-state index in [1.807, 2.05) is 0 Å². The zero-order chi connectivity index (χ0) is 22.4. The molecular formula is C27H38N6. The van der Waals surface area contributed by atoms with Crippen LogP contribution < -0.4 is 15.1 Å². The molecule has 4 bridgehead atoms.